The lowest BCUT2D eigenvalue weighted by Crippen LogP contribution is -2.08. The summed E-state index contributed by atoms with van der Waals surface area (Å²) in [6.07, 6.45) is 5.16. The van der Waals surface area contributed by atoms with E-state index in [1.165, 1.54) is 11.3 Å². The summed E-state index contributed by atoms with van der Waals surface area (Å²) in [4.78, 5) is 19.0. The van der Waals surface area contributed by atoms with Gasteiger partial charge in [-0.2, -0.15) is 0 Å². The monoisotopic (exact) mass is 292 g/mol. The van der Waals surface area contributed by atoms with E-state index >= 15 is 0 Å². The maximum atomic E-state index is 12.5. The van der Waals surface area contributed by atoms with E-state index in [1.807, 2.05) is 37.3 Å². The minimum Gasteiger partial charge on any atom is -0.383 e. The Bertz CT molecular complexity index is 605. The molecule has 0 N–H and O–H groups in total. The Balaban J connectivity index is 2.42. The molecule has 2 heterocycles. The van der Waals surface area contributed by atoms with E-state index in [2.05, 4.69) is 4.98 Å². The number of thiophene rings is 1. The van der Waals surface area contributed by atoms with Crippen LogP contribution in [-0.4, -0.2) is 29.8 Å². The lowest BCUT2D eigenvalue weighted by Gasteiger charge is -2.10. The average molecular weight is 293 g/mol. The van der Waals surface area contributed by atoms with Crippen molar-refractivity contribution in [2.45, 2.75) is 0 Å². The minimum absolute atomic E-state index is 0.0307. The molecule has 98 valence electrons. The molecule has 19 heavy (non-hydrogen) atoms. The quantitative estimate of drug-likeness (QED) is 0.638. The molecule has 0 fully saturated rings. The van der Waals surface area contributed by atoms with Crippen molar-refractivity contribution in [3.8, 4) is 0 Å². The third kappa shape index (κ3) is 3.43. The largest absolute Gasteiger partial charge is 0.383 e. The van der Waals surface area contributed by atoms with E-state index in [0.717, 1.165) is 5.56 Å². The molecule has 0 aliphatic carbocycles. The lowest BCUT2D eigenvalue weighted by molar-refractivity contribution is 0.105. The average Bonchev–Trinajstić information content (AvgIpc) is 2.83. The van der Waals surface area contributed by atoms with Crippen LogP contribution < -0.4 is 0 Å². The molecule has 0 saturated heterocycles. The second-order valence-corrected chi connectivity index (χ2v) is 5.89. The first-order valence-corrected chi connectivity index (χ1v) is 6.86. The third-order valence-electron chi connectivity index (χ3n) is 2.42. The topological polar surface area (TPSA) is 33.2 Å². The summed E-state index contributed by atoms with van der Waals surface area (Å²) in [7, 11) is 3.77. The molecule has 0 amide bonds. The number of ketones is 1. The molecule has 2 aromatic heterocycles. The molecule has 0 radical (unpaired) electrons. The van der Waals surface area contributed by atoms with Crippen LogP contribution in [0.1, 0.15) is 15.2 Å². The van der Waals surface area contributed by atoms with E-state index in [0.29, 0.717) is 14.8 Å². The van der Waals surface area contributed by atoms with Crippen LogP contribution in [0.5, 0.6) is 0 Å². The highest BCUT2D eigenvalue weighted by molar-refractivity contribution is 7.18. The highest BCUT2D eigenvalue weighted by Gasteiger charge is 2.16. The fraction of sp³-hybridized carbons (Fsp3) is 0.143. The van der Waals surface area contributed by atoms with E-state index in [4.69, 9.17) is 11.6 Å². The number of hydrogen-bond donors (Lipinski definition) is 0. The van der Waals surface area contributed by atoms with Crippen LogP contribution in [0.25, 0.3) is 5.57 Å². The maximum Gasteiger partial charge on any atom is 0.205 e. The van der Waals surface area contributed by atoms with Gasteiger partial charge in [-0.1, -0.05) is 11.6 Å². The molecule has 3 nitrogen and oxygen atoms in total. The molecule has 0 saturated carbocycles. The number of nitrogens with zero attached hydrogens (tertiary/aromatic N) is 2. The molecule has 5 heteroatoms. The molecule has 0 aliphatic rings. The van der Waals surface area contributed by atoms with E-state index in [9.17, 15) is 4.79 Å². The van der Waals surface area contributed by atoms with Gasteiger partial charge in [0.05, 0.1) is 9.21 Å². The number of carbonyl (C=O) groups excluding carboxylic acids is 1. The van der Waals surface area contributed by atoms with E-state index in [-0.39, 0.29) is 5.78 Å². The Morgan fingerprint density at radius 2 is 1.95 bits per heavy atom. The molecule has 2 aromatic rings. The maximum absolute atomic E-state index is 12.5. The summed E-state index contributed by atoms with van der Waals surface area (Å²) >= 11 is 7.17. The van der Waals surface area contributed by atoms with Gasteiger partial charge < -0.3 is 4.90 Å². The van der Waals surface area contributed by atoms with Crippen molar-refractivity contribution in [2.24, 2.45) is 0 Å². The highest BCUT2D eigenvalue weighted by atomic mass is 35.5. The van der Waals surface area contributed by atoms with Crippen molar-refractivity contribution in [1.29, 1.82) is 0 Å². The standard InChI is InChI=1S/C14H13ClN2OS/c1-17(2)9-11(10-5-7-16-8-6-10)14(18)12-3-4-13(15)19-12/h3-9H,1-2H3. The molecular weight excluding hydrogens is 280 g/mol. The predicted octanol–water partition coefficient (Wildman–Crippen LogP) is 3.58. The van der Waals surface area contributed by atoms with Gasteiger partial charge in [-0.05, 0) is 29.8 Å². The van der Waals surface area contributed by atoms with Crippen LogP contribution in [0.15, 0.2) is 42.9 Å². The molecule has 0 atom stereocenters. The zero-order chi connectivity index (χ0) is 13.8. The SMILES string of the molecule is CN(C)C=C(C(=O)c1ccc(Cl)s1)c1ccncc1. The summed E-state index contributed by atoms with van der Waals surface area (Å²) in [5.41, 5.74) is 1.48. The van der Waals surface area contributed by atoms with Crippen LogP contribution in [-0.2, 0) is 0 Å². The van der Waals surface area contributed by atoms with Crippen molar-refractivity contribution < 1.29 is 4.79 Å². The number of allylic oxidation sites excluding steroid dienone is 1. The van der Waals surface area contributed by atoms with Gasteiger partial charge in [0.1, 0.15) is 0 Å². The first-order valence-electron chi connectivity index (χ1n) is 5.66. The number of carbonyl (C=O) groups is 1. The van der Waals surface area contributed by atoms with Gasteiger partial charge in [-0.25, -0.2) is 0 Å². The third-order valence-corrected chi connectivity index (χ3v) is 3.65. The highest BCUT2D eigenvalue weighted by Crippen LogP contribution is 2.27. The molecule has 0 unspecified atom stereocenters. The molecule has 0 bridgehead atoms. The number of aromatic nitrogens is 1. The first kappa shape index (κ1) is 13.8. The Morgan fingerprint density at radius 1 is 1.26 bits per heavy atom. The molecule has 0 aliphatic heterocycles. The number of rotatable bonds is 4. The van der Waals surface area contributed by atoms with Gasteiger partial charge in [0.15, 0.2) is 0 Å². The molecule has 2 rings (SSSR count). The fourth-order valence-electron chi connectivity index (χ4n) is 1.62. The Hall–Kier alpha value is -1.65. The van der Waals surface area contributed by atoms with Gasteiger partial charge in [0.2, 0.25) is 5.78 Å². The Morgan fingerprint density at radius 3 is 2.47 bits per heavy atom. The normalized spacial score (nSPS) is 11.4. The number of Topliss-reactive ketones (excluding diaryl/α,β-unsaturated/α-hetero) is 1. The van der Waals surface area contributed by atoms with Gasteiger partial charge in [-0.15, -0.1) is 11.3 Å². The Kier molecular flexibility index (Phi) is 4.35. The summed E-state index contributed by atoms with van der Waals surface area (Å²) in [6, 6.07) is 7.13. The smallest absolute Gasteiger partial charge is 0.205 e. The van der Waals surface area contributed by atoms with Crippen molar-refractivity contribution in [1.82, 2.24) is 9.88 Å². The van der Waals surface area contributed by atoms with E-state index in [1.54, 1.807) is 24.5 Å². The van der Waals surface area contributed by atoms with Crippen LogP contribution in [0.3, 0.4) is 0 Å². The molecule has 0 spiro atoms. The van der Waals surface area contributed by atoms with Crippen LogP contribution in [0.4, 0.5) is 0 Å². The zero-order valence-electron chi connectivity index (χ0n) is 10.6. The van der Waals surface area contributed by atoms with Crippen LogP contribution in [0, 0.1) is 0 Å². The molecular formula is C14H13ClN2OS. The predicted molar refractivity (Wildman–Crippen MR) is 79.6 cm³/mol. The minimum atomic E-state index is -0.0307. The summed E-state index contributed by atoms with van der Waals surface area (Å²) in [5, 5.41) is 0. The van der Waals surface area contributed by atoms with Crippen LogP contribution in [0.2, 0.25) is 4.34 Å². The van der Waals surface area contributed by atoms with Gasteiger partial charge in [-0.3, -0.25) is 9.78 Å². The number of halogens is 1. The van der Waals surface area contributed by atoms with Gasteiger partial charge in [0.25, 0.3) is 0 Å². The number of hydrogen-bond acceptors (Lipinski definition) is 4. The lowest BCUT2D eigenvalue weighted by atomic mass is 10.0. The fourth-order valence-corrected chi connectivity index (χ4v) is 2.62. The van der Waals surface area contributed by atoms with Crippen molar-refractivity contribution in [2.75, 3.05) is 14.1 Å². The van der Waals surface area contributed by atoms with Crippen molar-refractivity contribution in [3.63, 3.8) is 0 Å². The summed E-state index contributed by atoms with van der Waals surface area (Å²) in [5.74, 6) is -0.0307. The van der Waals surface area contributed by atoms with Gasteiger partial charge in [0, 0.05) is 38.3 Å². The van der Waals surface area contributed by atoms with Crippen molar-refractivity contribution >= 4 is 34.3 Å². The van der Waals surface area contributed by atoms with Crippen LogP contribution >= 0.6 is 22.9 Å². The Labute approximate surface area is 121 Å². The van der Waals surface area contributed by atoms with Crippen molar-refractivity contribution in [3.05, 3.63) is 57.6 Å². The van der Waals surface area contributed by atoms with E-state index < -0.39 is 0 Å². The summed E-state index contributed by atoms with van der Waals surface area (Å²) < 4.78 is 0.613. The number of pyridine rings is 1. The van der Waals surface area contributed by atoms with Gasteiger partial charge >= 0.3 is 0 Å². The second kappa shape index (κ2) is 5.99. The first-order chi connectivity index (χ1) is 9.08. The second-order valence-electron chi connectivity index (χ2n) is 4.18. The molecule has 0 aromatic carbocycles. The summed E-state index contributed by atoms with van der Waals surface area (Å²) in [6.45, 7) is 0. The zero-order valence-corrected chi connectivity index (χ0v) is 12.2.